The topological polar surface area (TPSA) is 101 Å². The van der Waals surface area contributed by atoms with Crippen LogP contribution in [0, 0.1) is 17.8 Å². The van der Waals surface area contributed by atoms with Crippen LogP contribution in [0.4, 0.5) is 0 Å². The zero-order chi connectivity index (χ0) is 23.5. The Kier molecular flexibility index (Phi) is 6.72. The first-order valence-electron chi connectivity index (χ1n) is 11.6. The summed E-state index contributed by atoms with van der Waals surface area (Å²) in [5, 5.41) is 4.66. The predicted molar refractivity (Wildman–Crippen MR) is 126 cm³/mol. The third-order valence-corrected chi connectivity index (χ3v) is 6.70. The number of likely N-dealkylation sites (tertiary alicyclic amines) is 1. The number of piperidine rings is 1. The minimum atomic E-state index is -0.148. The maximum Gasteiger partial charge on any atom is 0.258 e. The Bertz CT molecular complexity index is 1200. The average Bonchev–Trinajstić information content (AvgIpc) is 3.24. The highest BCUT2D eigenvalue weighted by atomic mass is 16.2. The number of benzene rings is 1. The molecule has 1 aromatic carbocycles. The SMILES string of the molecule is CC(C)[C@@H](CC(=O)N1CCC(C(=O)c2cnn(C)c2)CC1)Cc1nc2ccccc2c(=O)[nH]1. The molecule has 1 N–H and O–H groups in total. The van der Waals surface area contributed by atoms with E-state index in [2.05, 4.69) is 28.9 Å². The number of hydrogen-bond acceptors (Lipinski definition) is 5. The lowest BCUT2D eigenvalue weighted by atomic mass is 9.87. The molecule has 3 heterocycles. The number of fused-ring (bicyclic) bond motifs is 1. The molecule has 0 spiro atoms. The molecule has 1 aliphatic rings. The second-order valence-corrected chi connectivity index (χ2v) is 9.36. The number of rotatable bonds is 7. The molecule has 4 rings (SSSR count). The van der Waals surface area contributed by atoms with E-state index in [1.807, 2.05) is 23.1 Å². The molecule has 0 bridgehead atoms. The van der Waals surface area contributed by atoms with E-state index in [1.54, 1.807) is 30.2 Å². The molecule has 33 heavy (non-hydrogen) atoms. The summed E-state index contributed by atoms with van der Waals surface area (Å²) in [6.45, 7) is 5.36. The first-order chi connectivity index (χ1) is 15.8. The lowest BCUT2D eigenvalue weighted by molar-refractivity contribution is -0.133. The van der Waals surface area contributed by atoms with Crippen molar-refractivity contribution in [3.05, 3.63) is 58.4 Å². The number of nitrogens with one attached hydrogen (secondary N) is 1. The highest BCUT2D eigenvalue weighted by Gasteiger charge is 2.30. The summed E-state index contributed by atoms with van der Waals surface area (Å²) in [7, 11) is 1.80. The standard InChI is InChI=1S/C25H31N5O3/c1-16(2)18(12-22-27-21-7-5-4-6-20(21)25(33)28-22)13-23(31)30-10-8-17(9-11-30)24(32)19-14-26-29(3)15-19/h4-7,14-18H,8-13H2,1-3H3,(H,27,28,33)/t18-/m1/s1. The van der Waals surface area contributed by atoms with Crippen LogP contribution in [0.5, 0.6) is 0 Å². The number of Topliss-reactive ketones (excluding diaryl/α,β-unsaturated/α-hetero) is 1. The fourth-order valence-electron chi connectivity index (χ4n) is 4.55. The monoisotopic (exact) mass is 449 g/mol. The van der Waals surface area contributed by atoms with Crippen LogP contribution in [0.3, 0.4) is 0 Å². The number of para-hydroxylation sites is 1. The molecule has 2 aromatic heterocycles. The number of ketones is 1. The largest absolute Gasteiger partial charge is 0.343 e. The molecule has 1 fully saturated rings. The van der Waals surface area contributed by atoms with Gasteiger partial charge in [-0.1, -0.05) is 26.0 Å². The molecule has 0 radical (unpaired) electrons. The minimum Gasteiger partial charge on any atom is -0.343 e. The Hall–Kier alpha value is -3.29. The molecule has 174 valence electrons. The predicted octanol–water partition coefficient (Wildman–Crippen LogP) is 2.98. The Morgan fingerprint density at radius 3 is 2.58 bits per heavy atom. The summed E-state index contributed by atoms with van der Waals surface area (Å²) in [5.74, 6) is 1.09. The zero-order valence-corrected chi connectivity index (χ0v) is 19.5. The van der Waals surface area contributed by atoms with Gasteiger partial charge in [-0.2, -0.15) is 5.10 Å². The Morgan fingerprint density at radius 2 is 1.91 bits per heavy atom. The minimum absolute atomic E-state index is 0.0639. The lowest BCUT2D eigenvalue weighted by Crippen LogP contribution is -2.41. The summed E-state index contributed by atoms with van der Waals surface area (Å²) in [5.41, 5.74) is 1.16. The Balaban J connectivity index is 1.37. The number of aromatic amines is 1. The molecule has 1 saturated heterocycles. The van der Waals surface area contributed by atoms with Gasteiger partial charge in [-0.25, -0.2) is 4.98 Å². The van der Waals surface area contributed by atoms with Gasteiger partial charge in [0.05, 0.1) is 22.7 Å². The van der Waals surface area contributed by atoms with E-state index in [1.165, 1.54) is 0 Å². The molecule has 8 nitrogen and oxygen atoms in total. The van der Waals surface area contributed by atoms with Gasteiger partial charge in [0, 0.05) is 45.1 Å². The number of aryl methyl sites for hydroxylation is 1. The molecular weight excluding hydrogens is 418 g/mol. The fourth-order valence-corrected chi connectivity index (χ4v) is 4.55. The van der Waals surface area contributed by atoms with Crippen LogP contribution in [0.15, 0.2) is 41.5 Å². The van der Waals surface area contributed by atoms with Crippen molar-refractivity contribution >= 4 is 22.6 Å². The summed E-state index contributed by atoms with van der Waals surface area (Å²) in [4.78, 5) is 47.5. The number of aromatic nitrogens is 4. The maximum atomic E-state index is 13.1. The van der Waals surface area contributed by atoms with E-state index in [4.69, 9.17) is 0 Å². The number of hydrogen-bond donors (Lipinski definition) is 1. The molecule has 8 heteroatoms. The highest BCUT2D eigenvalue weighted by Crippen LogP contribution is 2.25. The third-order valence-electron chi connectivity index (χ3n) is 6.70. The maximum absolute atomic E-state index is 13.1. The number of nitrogens with zero attached hydrogens (tertiary/aromatic N) is 4. The van der Waals surface area contributed by atoms with Gasteiger partial charge < -0.3 is 9.88 Å². The van der Waals surface area contributed by atoms with E-state index < -0.39 is 0 Å². The molecule has 1 amide bonds. The van der Waals surface area contributed by atoms with E-state index in [0.29, 0.717) is 61.1 Å². The second-order valence-electron chi connectivity index (χ2n) is 9.36. The van der Waals surface area contributed by atoms with Crippen molar-refractivity contribution in [3.63, 3.8) is 0 Å². The van der Waals surface area contributed by atoms with Crippen LogP contribution >= 0.6 is 0 Å². The third kappa shape index (κ3) is 5.21. The Morgan fingerprint density at radius 1 is 1.18 bits per heavy atom. The normalized spacial score (nSPS) is 15.8. The number of carbonyl (C=O) groups excluding carboxylic acids is 2. The first kappa shape index (κ1) is 22.9. The lowest BCUT2D eigenvalue weighted by Gasteiger charge is -2.32. The molecule has 3 aromatic rings. The van der Waals surface area contributed by atoms with Crippen molar-refractivity contribution in [1.29, 1.82) is 0 Å². The van der Waals surface area contributed by atoms with E-state index in [-0.39, 0.29) is 35.0 Å². The molecule has 0 saturated carbocycles. The molecule has 0 unspecified atom stereocenters. The smallest absolute Gasteiger partial charge is 0.258 e. The molecule has 1 atom stereocenters. The average molecular weight is 450 g/mol. The molecule has 1 aliphatic heterocycles. The van der Waals surface area contributed by atoms with Gasteiger partial charge in [-0.15, -0.1) is 0 Å². The number of amides is 1. The summed E-state index contributed by atoms with van der Waals surface area (Å²) < 4.78 is 1.63. The van der Waals surface area contributed by atoms with Gasteiger partial charge in [0.1, 0.15) is 5.82 Å². The van der Waals surface area contributed by atoms with Gasteiger partial charge >= 0.3 is 0 Å². The van der Waals surface area contributed by atoms with Crippen LogP contribution in [-0.2, 0) is 18.3 Å². The van der Waals surface area contributed by atoms with E-state index >= 15 is 0 Å². The zero-order valence-electron chi connectivity index (χ0n) is 19.5. The molecular formula is C25H31N5O3. The summed E-state index contributed by atoms with van der Waals surface area (Å²) >= 11 is 0. The van der Waals surface area contributed by atoms with Crippen molar-refractivity contribution < 1.29 is 9.59 Å². The van der Waals surface area contributed by atoms with Crippen LogP contribution < -0.4 is 5.56 Å². The van der Waals surface area contributed by atoms with Crippen molar-refractivity contribution in [2.75, 3.05) is 13.1 Å². The van der Waals surface area contributed by atoms with E-state index in [9.17, 15) is 14.4 Å². The Labute approximate surface area is 193 Å². The quantitative estimate of drug-likeness (QED) is 0.559. The van der Waals surface area contributed by atoms with Crippen LogP contribution in [0.25, 0.3) is 10.9 Å². The van der Waals surface area contributed by atoms with Gasteiger partial charge in [0.2, 0.25) is 5.91 Å². The first-order valence-corrected chi connectivity index (χ1v) is 11.6. The van der Waals surface area contributed by atoms with Crippen LogP contribution in [-0.4, -0.2) is 49.4 Å². The fraction of sp³-hybridized carbons (Fsp3) is 0.480. The van der Waals surface area contributed by atoms with E-state index in [0.717, 1.165) is 0 Å². The summed E-state index contributed by atoms with van der Waals surface area (Å²) in [6, 6.07) is 7.28. The van der Waals surface area contributed by atoms with Gasteiger partial charge in [-0.05, 0) is 36.8 Å². The molecule has 0 aliphatic carbocycles. The van der Waals surface area contributed by atoms with Crippen LogP contribution in [0.2, 0.25) is 0 Å². The van der Waals surface area contributed by atoms with Crippen molar-refractivity contribution in [2.24, 2.45) is 24.8 Å². The van der Waals surface area contributed by atoms with Crippen molar-refractivity contribution in [3.8, 4) is 0 Å². The summed E-state index contributed by atoms with van der Waals surface area (Å²) in [6.07, 6.45) is 5.64. The van der Waals surface area contributed by atoms with Gasteiger partial charge in [0.15, 0.2) is 5.78 Å². The highest BCUT2D eigenvalue weighted by molar-refractivity contribution is 5.97. The number of carbonyl (C=O) groups is 2. The second kappa shape index (κ2) is 9.68. The number of H-pyrrole nitrogens is 1. The van der Waals surface area contributed by atoms with Crippen molar-refractivity contribution in [1.82, 2.24) is 24.6 Å². The van der Waals surface area contributed by atoms with Crippen molar-refractivity contribution in [2.45, 2.75) is 39.5 Å². The van der Waals surface area contributed by atoms with Gasteiger partial charge in [0.25, 0.3) is 5.56 Å². The van der Waals surface area contributed by atoms with Crippen LogP contribution in [0.1, 0.15) is 49.3 Å². The van der Waals surface area contributed by atoms with Gasteiger partial charge in [-0.3, -0.25) is 19.1 Å².